The number of carboxylic acid groups (broad SMARTS) is 1. The highest BCUT2D eigenvalue weighted by Crippen LogP contribution is 2.23. The molecule has 2 aromatic carbocycles. The standard InChI is InChI=1S/C21H27NO4/c1-3-4-8-19(26-14-15-6-5-7-18(13-15)25-2)20(22)16-9-11-17(12-10-16)21(23)24/h5-7,9-13,19-20H,3-4,8,14,22H2,1-2H3,(H,23,24). The molecule has 0 saturated carbocycles. The maximum Gasteiger partial charge on any atom is 0.335 e. The van der Waals surface area contributed by atoms with Gasteiger partial charge in [0.2, 0.25) is 0 Å². The van der Waals surface area contributed by atoms with Gasteiger partial charge in [0.05, 0.1) is 31.4 Å². The Hall–Kier alpha value is -2.37. The summed E-state index contributed by atoms with van der Waals surface area (Å²) in [7, 11) is 1.64. The number of rotatable bonds is 10. The number of nitrogens with two attached hydrogens (primary N) is 1. The van der Waals surface area contributed by atoms with E-state index < -0.39 is 5.97 Å². The Labute approximate surface area is 154 Å². The first-order chi connectivity index (χ1) is 12.5. The number of unbranched alkanes of at least 4 members (excludes halogenated alkanes) is 1. The number of aromatic carboxylic acids is 1. The van der Waals surface area contributed by atoms with E-state index in [9.17, 15) is 4.79 Å². The average molecular weight is 357 g/mol. The quantitative estimate of drug-likeness (QED) is 0.667. The second kappa shape index (κ2) is 9.94. The number of ether oxygens (including phenoxy) is 2. The minimum Gasteiger partial charge on any atom is -0.497 e. The first-order valence-electron chi connectivity index (χ1n) is 8.88. The largest absolute Gasteiger partial charge is 0.497 e. The van der Waals surface area contributed by atoms with E-state index >= 15 is 0 Å². The third-order valence-corrected chi connectivity index (χ3v) is 4.38. The fraction of sp³-hybridized carbons (Fsp3) is 0.381. The molecule has 0 amide bonds. The molecule has 2 aromatic rings. The van der Waals surface area contributed by atoms with Crippen molar-refractivity contribution in [3.8, 4) is 5.75 Å². The second-order valence-corrected chi connectivity index (χ2v) is 6.30. The van der Waals surface area contributed by atoms with E-state index in [1.165, 1.54) is 0 Å². The number of hydrogen-bond acceptors (Lipinski definition) is 4. The molecule has 0 fully saturated rings. The molecule has 0 aliphatic heterocycles. The summed E-state index contributed by atoms with van der Waals surface area (Å²) >= 11 is 0. The summed E-state index contributed by atoms with van der Waals surface area (Å²) in [6.07, 6.45) is 2.78. The molecule has 2 rings (SSSR count). The highest BCUT2D eigenvalue weighted by Gasteiger charge is 2.20. The van der Waals surface area contributed by atoms with Gasteiger partial charge in [-0.15, -0.1) is 0 Å². The van der Waals surface area contributed by atoms with Gasteiger partial charge in [-0.1, -0.05) is 44.0 Å². The van der Waals surface area contributed by atoms with Gasteiger partial charge in [0.15, 0.2) is 0 Å². The molecule has 0 radical (unpaired) electrons. The summed E-state index contributed by atoms with van der Waals surface area (Å²) in [5.74, 6) is -0.147. The van der Waals surface area contributed by atoms with Crippen LogP contribution in [0.15, 0.2) is 48.5 Å². The monoisotopic (exact) mass is 357 g/mol. The van der Waals surface area contributed by atoms with Crippen LogP contribution in [0.4, 0.5) is 0 Å². The number of hydrogen-bond donors (Lipinski definition) is 2. The molecule has 0 aromatic heterocycles. The van der Waals surface area contributed by atoms with Crippen molar-refractivity contribution >= 4 is 5.97 Å². The molecule has 3 N–H and O–H groups in total. The average Bonchev–Trinajstić information content (AvgIpc) is 2.67. The lowest BCUT2D eigenvalue weighted by Gasteiger charge is -2.25. The molecular weight excluding hydrogens is 330 g/mol. The van der Waals surface area contributed by atoms with Crippen molar-refractivity contribution in [3.63, 3.8) is 0 Å². The highest BCUT2D eigenvalue weighted by atomic mass is 16.5. The molecular formula is C21H27NO4. The summed E-state index contributed by atoms with van der Waals surface area (Å²) in [5.41, 5.74) is 8.59. The van der Waals surface area contributed by atoms with Crippen LogP contribution in [-0.2, 0) is 11.3 Å². The second-order valence-electron chi connectivity index (χ2n) is 6.30. The van der Waals surface area contributed by atoms with E-state index in [4.69, 9.17) is 20.3 Å². The van der Waals surface area contributed by atoms with Crippen molar-refractivity contribution in [2.75, 3.05) is 7.11 Å². The smallest absolute Gasteiger partial charge is 0.335 e. The Morgan fingerprint density at radius 1 is 1.19 bits per heavy atom. The van der Waals surface area contributed by atoms with Crippen molar-refractivity contribution in [1.82, 2.24) is 0 Å². The fourth-order valence-corrected chi connectivity index (χ4v) is 2.80. The van der Waals surface area contributed by atoms with Crippen molar-refractivity contribution in [2.24, 2.45) is 5.73 Å². The fourth-order valence-electron chi connectivity index (χ4n) is 2.80. The Kier molecular flexibility index (Phi) is 7.63. The van der Waals surface area contributed by atoms with Gasteiger partial charge in [-0.05, 0) is 41.8 Å². The topological polar surface area (TPSA) is 81.8 Å². The zero-order valence-electron chi connectivity index (χ0n) is 15.4. The van der Waals surface area contributed by atoms with Gasteiger partial charge in [0.25, 0.3) is 0 Å². The molecule has 2 atom stereocenters. The highest BCUT2D eigenvalue weighted by molar-refractivity contribution is 5.87. The van der Waals surface area contributed by atoms with Crippen LogP contribution in [-0.4, -0.2) is 24.3 Å². The van der Waals surface area contributed by atoms with Crippen LogP contribution in [0, 0.1) is 0 Å². The van der Waals surface area contributed by atoms with Crippen molar-refractivity contribution in [1.29, 1.82) is 0 Å². The van der Waals surface area contributed by atoms with E-state index in [1.54, 1.807) is 31.4 Å². The SMILES string of the molecule is CCCCC(OCc1cccc(OC)c1)C(N)c1ccc(C(=O)O)cc1. The van der Waals surface area contributed by atoms with Crippen molar-refractivity contribution in [3.05, 3.63) is 65.2 Å². The van der Waals surface area contributed by atoms with Crippen LogP contribution in [0.25, 0.3) is 0 Å². The number of carbonyl (C=O) groups is 1. The van der Waals surface area contributed by atoms with Gasteiger partial charge < -0.3 is 20.3 Å². The Morgan fingerprint density at radius 3 is 2.54 bits per heavy atom. The van der Waals surface area contributed by atoms with E-state index in [0.29, 0.717) is 6.61 Å². The molecule has 0 spiro atoms. The minimum absolute atomic E-state index is 0.142. The summed E-state index contributed by atoms with van der Waals surface area (Å²) in [4.78, 5) is 11.0. The van der Waals surface area contributed by atoms with Crippen molar-refractivity contribution < 1.29 is 19.4 Å². The number of benzene rings is 2. The van der Waals surface area contributed by atoms with E-state index in [1.807, 2.05) is 24.3 Å². The third-order valence-electron chi connectivity index (χ3n) is 4.38. The normalized spacial score (nSPS) is 13.2. The lowest BCUT2D eigenvalue weighted by atomic mass is 9.97. The molecule has 140 valence electrons. The van der Waals surface area contributed by atoms with E-state index in [2.05, 4.69) is 6.92 Å². The molecule has 5 heteroatoms. The maximum absolute atomic E-state index is 11.0. The minimum atomic E-state index is -0.943. The summed E-state index contributed by atoms with van der Waals surface area (Å²) in [6.45, 7) is 2.58. The van der Waals surface area contributed by atoms with Gasteiger partial charge in [0.1, 0.15) is 5.75 Å². The van der Waals surface area contributed by atoms with Crippen LogP contribution in [0.2, 0.25) is 0 Å². The van der Waals surface area contributed by atoms with Crippen LogP contribution in [0.1, 0.15) is 53.7 Å². The molecule has 0 heterocycles. The van der Waals surface area contributed by atoms with Crippen LogP contribution >= 0.6 is 0 Å². The first kappa shape index (κ1) is 19.9. The van der Waals surface area contributed by atoms with Gasteiger partial charge >= 0.3 is 5.97 Å². The molecule has 5 nitrogen and oxygen atoms in total. The van der Waals surface area contributed by atoms with Crippen molar-refractivity contribution in [2.45, 2.75) is 44.9 Å². The van der Waals surface area contributed by atoms with Gasteiger partial charge in [-0.25, -0.2) is 4.79 Å². The first-order valence-corrected chi connectivity index (χ1v) is 8.88. The maximum atomic E-state index is 11.0. The lowest BCUT2D eigenvalue weighted by molar-refractivity contribution is 0.0161. The molecule has 2 unspecified atom stereocenters. The van der Waals surface area contributed by atoms with Crippen LogP contribution < -0.4 is 10.5 Å². The van der Waals surface area contributed by atoms with Crippen LogP contribution in [0.3, 0.4) is 0 Å². The molecule has 0 aliphatic carbocycles. The predicted octanol–water partition coefficient (Wildman–Crippen LogP) is 4.17. The van der Waals surface area contributed by atoms with Gasteiger partial charge in [0, 0.05) is 0 Å². The zero-order chi connectivity index (χ0) is 18.9. The number of methoxy groups -OCH3 is 1. The van der Waals surface area contributed by atoms with E-state index in [0.717, 1.165) is 36.1 Å². The Morgan fingerprint density at radius 2 is 1.92 bits per heavy atom. The molecule has 0 bridgehead atoms. The lowest BCUT2D eigenvalue weighted by Crippen LogP contribution is -2.29. The Balaban J connectivity index is 2.08. The molecule has 0 aliphatic rings. The predicted molar refractivity (Wildman–Crippen MR) is 101 cm³/mol. The van der Waals surface area contributed by atoms with Crippen LogP contribution in [0.5, 0.6) is 5.75 Å². The zero-order valence-corrected chi connectivity index (χ0v) is 15.4. The number of carboxylic acids is 1. The molecule has 0 saturated heterocycles. The van der Waals surface area contributed by atoms with E-state index in [-0.39, 0.29) is 17.7 Å². The summed E-state index contributed by atoms with van der Waals surface area (Å²) in [5, 5.41) is 9.03. The Bertz CT molecular complexity index is 699. The summed E-state index contributed by atoms with van der Waals surface area (Å²) in [6, 6.07) is 14.2. The third kappa shape index (κ3) is 5.58. The van der Waals surface area contributed by atoms with Gasteiger partial charge in [-0.3, -0.25) is 0 Å². The molecule has 26 heavy (non-hydrogen) atoms. The van der Waals surface area contributed by atoms with Gasteiger partial charge in [-0.2, -0.15) is 0 Å². The summed E-state index contributed by atoms with van der Waals surface area (Å²) < 4.78 is 11.4.